The highest BCUT2D eigenvalue weighted by Crippen LogP contribution is 2.38. The molecule has 3 aliphatic heterocycles. The molecular formula is C15H26O11. The lowest BCUT2D eigenvalue weighted by Crippen LogP contribution is -2.64. The largest absolute Gasteiger partial charge is 0.394 e. The highest BCUT2D eigenvalue weighted by atomic mass is 16.8. The molecule has 0 bridgehead atoms. The van der Waals surface area contributed by atoms with Crippen molar-refractivity contribution >= 4 is 0 Å². The van der Waals surface area contributed by atoms with Gasteiger partial charge in [0.15, 0.2) is 18.4 Å². The van der Waals surface area contributed by atoms with E-state index in [9.17, 15) is 30.6 Å². The molecule has 0 aromatic heterocycles. The smallest absolute Gasteiger partial charge is 0.187 e. The van der Waals surface area contributed by atoms with Crippen LogP contribution < -0.4 is 0 Å². The molecule has 0 aromatic rings. The van der Waals surface area contributed by atoms with Gasteiger partial charge in [0.05, 0.1) is 13.2 Å². The Balaban J connectivity index is 1.76. The van der Waals surface area contributed by atoms with Gasteiger partial charge in [0, 0.05) is 0 Å². The fourth-order valence-corrected chi connectivity index (χ4v) is 3.50. The third-order valence-electron chi connectivity index (χ3n) is 4.76. The Morgan fingerprint density at radius 2 is 1.42 bits per heavy atom. The van der Waals surface area contributed by atoms with Gasteiger partial charge < -0.3 is 54.3 Å². The Morgan fingerprint density at radius 3 is 2.04 bits per heavy atom. The Labute approximate surface area is 149 Å². The van der Waals surface area contributed by atoms with Gasteiger partial charge in [-0.3, -0.25) is 0 Å². The van der Waals surface area contributed by atoms with Gasteiger partial charge >= 0.3 is 0 Å². The molecule has 0 unspecified atom stereocenters. The lowest BCUT2D eigenvalue weighted by molar-refractivity contribution is -0.348. The molecule has 11 nitrogen and oxygen atoms in total. The van der Waals surface area contributed by atoms with E-state index >= 15 is 0 Å². The fourth-order valence-electron chi connectivity index (χ4n) is 3.50. The van der Waals surface area contributed by atoms with Crippen LogP contribution in [0.4, 0.5) is 0 Å². The van der Waals surface area contributed by atoms with E-state index in [0.717, 1.165) is 0 Å². The number of fused-ring (bicyclic) bond motifs is 1. The summed E-state index contributed by atoms with van der Waals surface area (Å²) in [7, 11) is 0. The third kappa shape index (κ3) is 3.62. The maximum Gasteiger partial charge on any atom is 0.187 e. The van der Waals surface area contributed by atoms with E-state index in [1.165, 1.54) is 0 Å². The average Bonchev–Trinajstić information content (AvgIpc) is 2.93. The molecule has 0 saturated carbocycles. The molecule has 3 saturated heterocycles. The summed E-state index contributed by atoms with van der Waals surface area (Å²) in [5, 5.41) is 59.0. The number of hydrogen-bond donors (Lipinski definition) is 6. The Kier molecular flexibility index (Phi) is 5.88. The molecule has 3 aliphatic rings. The normalized spacial score (nSPS) is 51.2. The van der Waals surface area contributed by atoms with Crippen molar-refractivity contribution in [2.45, 2.75) is 81.0 Å². The van der Waals surface area contributed by atoms with Crippen LogP contribution in [0.3, 0.4) is 0 Å². The van der Waals surface area contributed by atoms with Gasteiger partial charge in [-0.15, -0.1) is 0 Å². The molecule has 152 valence electrons. The highest BCUT2D eigenvalue weighted by molar-refractivity contribution is 4.98. The molecule has 0 spiro atoms. The van der Waals surface area contributed by atoms with Crippen molar-refractivity contribution in [1.82, 2.24) is 0 Å². The summed E-state index contributed by atoms with van der Waals surface area (Å²) in [6, 6.07) is 0. The molecule has 11 heteroatoms. The van der Waals surface area contributed by atoms with Crippen LogP contribution in [0, 0.1) is 0 Å². The minimum Gasteiger partial charge on any atom is -0.394 e. The number of rotatable bonds is 4. The minimum absolute atomic E-state index is 0.429. The van der Waals surface area contributed by atoms with Gasteiger partial charge in [-0.05, 0) is 13.8 Å². The zero-order valence-corrected chi connectivity index (χ0v) is 14.4. The minimum atomic E-state index is -1.69. The van der Waals surface area contributed by atoms with E-state index in [0.29, 0.717) is 0 Å². The van der Waals surface area contributed by atoms with Crippen LogP contribution >= 0.6 is 0 Å². The van der Waals surface area contributed by atoms with Crippen LogP contribution in [0.1, 0.15) is 13.8 Å². The van der Waals surface area contributed by atoms with Gasteiger partial charge in [0.1, 0.15) is 48.8 Å². The predicted molar refractivity (Wildman–Crippen MR) is 80.4 cm³/mol. The summed E-state index contributed by atoms with van der Waals surface area (Å²) < 4.78 is 27.4. The second-order valence-electron chi connectivity index (χ2n) is 7.11. The Hall–Kier alpha value is -0.440. The fraction of sp³-hybridized carbons (Fsp3) is 1.00. The standard InChI is InChI=1S/C15H26O11/c1-15(2)25-11-6(4-17)23-14(9(20)12(11)26-15)24-10-5(3-16)22-13(21)8(19)7(10)18/h5-14,16-21H,3-4H2,1-2H3/t5-,6-,7-,8-,9-,10-,11+,12-,13-,14+/m1/s1. The maximum atomic E-state index is 10.5. The van der Waals surface area contributed by atoms with Crippen molar-refractivity contribution in [3.63, 3.8) is 0 Å². The number of aliphatic hydroxyl groups is 6. The van der Waals surface area contributed by atoms with Gasteiger partial charge in [-0.1, -0.05) is 0 Å². The van der Waals surface area contributed by atoms with E-state index in [2.05, 4.69) is 0 Å². The summed E-state index contributed by atoms with van der Waals surface area (Å²) >= 11 is 0. The van der Waals surface area contributed by atoms with E-state index in [4.69, 9.17) is 23.7 Å². The van der Waals surface area contributed by atoms with Crippen LogP contribution in [-0.2, 0) is 23.7 Å². The molecule has 6 N–H and O–H groups in total. The van der Waals surface area contributed by atoms with Gasteiger partial charge in [-0.2, -0.15) is 0 Å². The van der Waals surface area contributed by atoms with Crippen molar-refractivity contribution in [3.05, 3.63) is 0 Å². The first kappa shape index (κ1) is 20.3. The van der Waals surface area contributed by atoms with Gasteiger partial charge in [-0.25, -0.2) is 0 Å². The summed E-state index contributed by atoms with van der Waals surface area (Å²) in [5.74, 6) is -0.997. The third-order valence-corrected chi connectivity index (χ3v) is 4.76. The SMILES string of the molecule is CC1(C)O[C@@H]2[C@@H](O)[C@H](O[C@H]3[C@H](O)[C@@H](O)[C@H](O)O[C@@H]3CO)O[C@H](CO)[C@@H]2O1. The molecule has 3 heterocycles. The first-order valence-corrected chi connectivity index (χ1v) is 8.44. The van der Waals surface area contributed by atoms with E-state index in [1.807, 2.05) is 0 Å². The molecule has 26 heavy (non-hydrogen) atoms. The van der Waals surface area contributed by atoms with Crippen LogP contribution in [-0.4, -0.2) is 111 Å². The number of hydrogen-bond acceptors (Lipinski definition) is 11. The summed E-state index contributed by atoms with van der Waals surface area (Å²) in [4.78, 5) is 0. The molecule has 0 amide bonds. The van der Waals surface area contributed by atoms with Crippen LogP contribution in [0.5, 0.6) is 0 Å². The second kappa shape index (κ2) is 7.53. The number of ether oxygens (including phenoxy) is 5. The first-order valence-electron chi connectivity index (χ1n) is 8.44. The van der Waals surface area contributed by atoms with Crippen LogP contribution in [0.15, 0.2) is 0 Å². The predicted octanol–water partition coefficient (Wildman–Crippen LogP) is -3.60. The topological polar surface area (TPSA) is 168 Å². The van der Waals surface area contributed by atoms with Gasteiger partial charge in [0.2, 0.25) is 0 Å². The Bertz CT molecular complexity index is 486. The van der Waals surface area contributed by atoms with Gasteiger partial charge in [0.25, 0.3) is 0 Å². The molecule has 10 atom stereocenters. The van der Waals surface area contributed by atoms with Crippen molar-refractivity contribution in [1.29, 1.82) is 0 Å². The maximum absolute atomic E-state index is 10.5. The zero-order valence-electron chi connectivity index (χ0n) is 14.4. The van der Waals surface area contributed by atoms with Crippen molar-refractivity contribution < 1.29 is 54.3 Å². The molecule has 3 fully saturated rings. The zero-order chi connectivity index (χ0) is 19.2. The summed E-state index contributed by atoms with van der Waals surface area (Å²) in [5.41, 5.74) is 0. The van der Waals surface area contributed by atoms with E-state index < -0.39 is 80.4 Å². The van der Waals surface area contributed by atoms with Crippen molar-refractivity contribution in [2.24, 2.45) is 0 Å². The first-order chi connectivity index (χ1) is 12.2. The monoisotopic (exact) mass is 382 g/mol. The van der Waals surface area contributed by atoms with Crippen LogP contribution in [0.25, 0.3) is 0 Å². The average molecular weight is 382 g/mol. The molecule has 0 aromatic carbocycles. The lowest BCUT2D eigenvalue weighted by atomic mass is 9.97. The second-order valence-corrected chi connectivity index (χ2v) is 7.11. The number of aliphatic hydroxyl groups excluding tert-OH is 6. The summed E-state index contributed by atoms with van der Waals surface area (Å²) in [6.45, 7) is 2.26. The van der Waals surface area contributed by atoms with E-state index in [1.54, 1.807) is 13.8 Å². The lowest BCUT2D eigenvalue weighted by Gasteiger charge is -2.45. The van der Waals surface area contributed by atoms with Crippen molar-refractivity contribution in [3.8, 4) is 0 Å². The Morgan fingerprint density at radius 1 is 0.808 bits per heavy atom. The van der Waals surface area contributed by atoms with Crippen molar-refractivity contribution in [2.75, 3.05) is 13.2 Å². The molecule has 3 rings (SSSR count). The molecular weight excluding hydrogens is 356 g/mol. The molecule has 0 aliphatic carbocycles. The molecule has 0 radical (unpaired) electrons. The van der Waals surface area contributed by atoms with E-state index in [-0.39, 0.29) is 0 Å². The summed E-state index contributed by atoms with van der Waals surface area (Å²) in [6.07, 6.45) is -12.6. The quantitative estimate of drug-likeness (QED) is 0.284. The van der Waals surface area contributed by atoms with Crippen LogP contribution in [0.2, 0.25) is 0 Å². The highest BCUT2D eigenvalue weighted by Gasteiger charge is 2.56.